The van der Waals surface area contributed by atoms with Crippen molar-refractivity contribution < 1.29 is 13.2 Å². The summed E-state index contributed by atoms with van der Waals surface area (Å²) in [5.41, 5.74) is 6.90. The van der Waals surface area contributed by atoms with Crippen LogP contribution in [0, 0.1) is 0 Å². The molecule has 1 unspecified atom stereocenters. The minimum atomic E-state index is -3.60. The van der Waals surface area contributed by atoms with Crippen LogP contribution < -0.4 is 15.8 Å². The number of rotatable bonds is 5. The van der Waals surface area contributed by atoms with E-state index in [9.17, 15) is 13.2 Å². The Hall–Kier alpha value is -1.15. The summed E-state index contributed by atoms with van der Waals surface area (Å²) >= 11 is 0. The van der Waals surface area contributed by atoms with Gasteiger partial charge in [-0.1, -0.05) is 6.07 Å². The molecule has 1 heterocycles. The molecular formula is C13H20ClN3O3S. The summed E-state index contributed by atoms with van der Waals surface area (Å²) in [6, 6.07) is 4.60. The molecule has 21 heavy (non-hydrogen) atoms. The quantitative estimate of drug-likeness (QED) is 0.726. The summed E-state index contributed by atoms with van der Waals surface area (Å²) in [6.45, 7) is 2.69. The first kappa shape index (κ1) is 17.9. The van der Waals surface area contributed by atoms with Crippen LogP contribution in [-0.2, 0) is 16.4 Å². The molecular weight excluding hydrogens is 314 g/mol. The summed E-state index contributed by atoms with van der Waals surface area (Å²) in [6.07, 6.45) is 1.28. The van der Waals surface area contributed by atoms with Crippen molar-refractivity contribution in [2.75, 3.05) is 13.1 Å². The van der Waals surface area contributed by atoms with Gasteiger partial charge in [0.2, 0.25) is 10.0 Å². The lowest BCUT2D eigenvalue weighted by Gasteiger charge is -2.17. The van der Waals surface area contributed by atoms with Gasteiger partial charge in [0.05, 0.1) is 4.90 Å². The smallest absolute Gasteiger partial charge is 0.251 e. The van der Waals surface area contributed by atoms with E-state index in [1.165, 1.54) is 12.1 Å². The SMILES string of the molecule is CC(N)CCNS(=O)(=O)c1ccc2c(c1)C(=O)NCC2.Cl. The molecule has 1 aliphatic heterocycles. The second kappa shape index (κ2) is 7.22. The monoisotopic (exact) mass is 333 g/mol. The number of benzene rings is 1. The predicted octanol–water partition coefficient (Wildman–Crippen LogP) is 0.410. The molecule has 0 radical (unpaired) electrons. The highest BCUT2D eigenvalue weighted by atomic mass is 35.5. The summed E-state index contributed by atoms with van der Waals surface area (Å²) in [5.74, 6) is -0.223. The van der Waals surface area contributed by atoms with Gasteiger partial charge >= 0.3 is 0 Å². The van der Waals surface area contributed by atoms with E-state index in [2.05, 4.69) is 10.0 Å². The topological polar surface area (TPSA) is 101 Å². The molecule has 0 aliphatic carbocycles. The first-order valence-electron chi connectivity index (χ1n) is 6.56. The Kier molecular flexibility index (Phi) is 6.15. The average molecular weight is 334 g/mol. The number of amides is 1. The summed E-state index contributed by atoms with van der Waals surface area (Å²) in [5, 5.41) is 2.70. The van der Waals surface area contributed by atoms with Crippen LogP contribution in [0.2, 0.25) is 0 Å². The summed E-state index contributed by atoms with van der Waals surface area (Å²) < 4.78 is 26.7. The van der Waals surface area contributed by atoms with Gasteiger partial charge in [-0.3, -0.25) is 4.79 Å². The van der Waals surface area contributed by atoms with Crippen LogP contribution >= 0.6 is 12.4 Å². The van der Waals surface area contributed by atoms with Gasteiger partial charge in [-0.25, -0.2) is 13.1 Å². The summed E-state index contributed by atoms with van der Waals surface area (Å²) in [4.78, 5) is 11.8. The second-order valence-corrected chi connectivity index (χ2v) is 6.76. The standard InChI is InChI=1S/C13H19N3O3S.ClH/c1-9(14)4-7-16-20(18,19)11-3-2-10-5-6-15-13(17)12(10)8-11;/h2-3,8-9,16H,4-7,14H2,1H3,(H,15,17);1H. The third-order valence-corrected chi connectivity index (χ3v) is 4.67. The average Bonchev–Trinajstić information content (AvgIpc) is 2.38. The number of nitrogens with two attached hydrogens (primary N) is 1. The van der Waals surface area contributed by atoms with E-state index in [0.29, 0.717) is 18.5 Å². The van der Waals surface area contributed by atoms with E-state index in [4.69, 9.17) is 5.73 Å². The molecule has 1 aromatic rings. The lowest BCUT2D eigenvalue weighted by molar-refractivity contribution is 0.0945. The molecule has 2 rings (SSSR count). The molecule has 1 aromatic carbocycles. The van der Waals surface area contributed by atoms with E-state index in [1.54, 1.807) is 6.07 Å². The Morgan fingerprint density at radius 3 is 2.81 bits per heavy atom. The van der Waals surface area contributed by atoms with Gasteiger partial charge in [-0.2, -0.15) is 0 Å². The van der Waals surface area contributed by atoms with Crippen LogP contribution in [-0.4, -0.2) is 33.5 Å². The van der Waals surface area contributed by atoms with Crippen LogP contribution in [0.3, 0.4) is 0 Å². The van der Waals surface area contributed by atoms with Crippen LogP contribution in [0.4, 0.5) is 0 Å². The van der Waals surface area contributed by atoms with Crippen molar-refractivity contribution in [3.05, 3.63) is 29.3 Å². The van der Waals surface area contributed by atoms with Crippen LogP contribution in [0.5, 0.6) is 0 Å². The lowest BCUT2D eigenvalue weighted by atomic mass is 10.0. The highest BCUT2D eigenvalue weighted by Gasteiger charge is 2.21. The van der Waals surface area contributed by atoms with E-state index in [1.807, 2.05) is 6.92 Å². The minimum absolute atomic E-state index is 0. The maximum absolute atomic E-state index is 12.1. The van der Waals surface area contributed by atoms with Crippen molar-refractivity contribution in [2.45, 2.75) is 30.7 Å². The third kappa shape index (κ3) is 4.41. The van der Waals surface area contributed by atoms with Crippen molar-refractivity contribution in [2.24, 2.45) is 5.73 Å². The lowest BCUT2D eigenvalue weighted by Crippen LogP contribution is -2.33. The zero-order valence-electron chi connectivity index (χ0n) is 11.8. The fraction of sp³-hybridized carbons (Fsp3) is 0.462. The largest absolute Gasteiger partial charge is 0.352 e. The first-order chi connectivity index (χ1) is 9.40. The Morgan fingerprint density at radius 1 is 1.43 bits per heavy atom. The van der Waals surface area contributed by atoms with Crippen LogP contribution in [0.1, 0.15) is 29.3 Å². The highest BCUT2D eigenvalue weighted by molar-refractivity contribution is 7.89. The molecule has 1 aliphatic rings. The molecule has 4 N–H and O–H groups in total. The Labute approximate surface area is 130 Å². The molecule has 8 heteroatoms. The van der Waals surface area contributed by atoms with Gasteiger partial charge in [-0.05, 0) is 37.5 Å². The van der Waals surface area contributed by atoms with Gasteiger partial charge < -0.3 is 11.1 Å². The number of carbonyl (C=O) groups is 1. The third-order valence-electron chi connectivity index (χ3n) is 3.21. The molecule has 0 bridgehead atoms. The molecule has 0 saturated heterocycles. The van der Waals surface area contributed by atoms with Crippen molar-refractivity contribution in [1.29, 1.82) is 0 Å². The molecule has 118 valence electrons. The molecule has 0 saturated carbocycles. The maximum Gasteiger partial charge on any atom is 0.251 e. The highest BCUT2D eigenvalue weighted by Crippen LogP contribution is 2.19. The molecule has 0 fully saturated rings. The number of halogens is 1. The van der Waals surface area contributed by atoms with Crippen molar-refractivity contribution in [1.82, 2.24) is 10.0 Å². The number of sulfonamides is 1. The minimum Gasteiger partial charge on any atom is -0.352 e. The Bertz CT molecular complexity index is 617. The summed E-state index contributed by atoms with van der Waals surface area (Å²) in [7, 11) is -3.60. The van der Waals surface area contributed by atoms with Crippen molar-refractivity contribution >= 4 is 28.3 Å². The zero-order chi connectivity index (χ0) is 14.8. The van der Waals surface area contributed by atoms with Gasteiger partial charge in [0.15, 0.2) is 0 Å². The molecule has 1 atom stereocenters. The maximum atomic E-state index is 12.1. The van der Waals surface area contributed by atoms with Gasteiger partial charge in [-0.15, -0.1) is 12.4 Å². The molecule has 0 aromatic heterocycles. The van der Waals surface area contributed by atoms with E-state index in [-0.39, 0.29) is 35.8 Å². The van der Waals surface area contributed by atoms with E-state index < -0.39 is 10.0 Å². The molecule has 6 nitrogen and oxygen atoms in total. The number of hydrogen-bond donors (Lipinski definition) is 3. The number of carbonyl (C=O) groups excluding carboxylic acids is 1. The fourth-order valence-corrected chi connectivity index (χ4v) is 3.14. The number of hydrogen-bond acceptors (Lipinski definition) is 4. The molecule has 1 amide bonds. The number of nitrogens with one attached hydrogen (secondary N) is 2. The predicted molar refractivity (Wildman–Crippen MR) is 83.2 cm³/mol. The van der Waals surface area contributed by atoms with Gasteiger partial charge in [0.1, 0.15) is 0 Å². The van der Waals surface area contributed by atoms with Gasteiger partial charge in [0.25, 0.3) is 5.91 Å². The van der Waals surface area contributed by atoms with Crippen LogP contribution in [0.25, 0.3) is 0 Å². The van der Waals surface area contributed by atoms with E-state index in [0.717, 1.165) is 12.0 Å². The normalized spacial score (nSPS) is 15.6. The fourth-order valence-electron chi connectivity index (χ4n) is 2.06. The number of fused-ring (bicyclic) bond motifs is 1. The molecule has 0 spiro atoms. The van der Waals surface area contributed by atoms with Gasteiger partial charge in [0, 0.05) is 24.7 Å². The Balaban J connectivity index is 0.00000220. The van der Waals surface area contributed by atoms with Crippen molar-refractivity contribution in [3.63, 3.8) is 0 Å². The zero-order valence-corrected chi connectivity index (χ0v) is 13.4. The van der Waals surface area contributed by atoms with Crippen LogP contribution in [0.15, 0.2) is 23.1 Å². The van der Waals surface area contributed by atoms with E-state index >= 15 is 0 Å². The first-order valence-corrected chi connectivity index (χ1v) is 8.05. The second-order valence-electron chi connectivity index (χ2n) is 4.99. The van der Waals surface area contributed by atoms with Crippen molar-refractivity contribution in [3.8, 4) is 0 Å². The Morgan fingerprint density at radius 2 is 2.14 bits per heavy atom.